The zero-order valence-corrected chi connectivity index (χ0v) is 14.4. The Balaban J connectivity index is 1.85. The molecule has 0 amide bonds. The van der Waals surface area contributed by atoms with Crippen LogP contribution < -0.4 is 5.32 Å². The van der Waals surface area contributed by atoms with Gasteiger partial charge in [0.2, 0.25) is 5.89 Å². The van der Waals surface area contributed by atoms with Crippen molar-refractivity contribution in [3.63, 3.8) is 0 Å². The fraction of sp³-hybridized carbons (Fsp3) is 0.875. The van der Waals surface area contributed by atoms with Crippen LogP contribution in [0.3, 0.4) is 0 Å². The Morgan fingerprint density at radius 2 is 2.14 bits per heavy atom. The van der Waals surface area contributed by atoms with Gasteiger partial charge >= 0.3 is 0 Å². The summed E-state index contributed by atoms with van der Waals surface area (Å²) >= 11 is 1.90. The minimum atomic E-state index is 0.619. The summed E-state index contributed by atoms with van der Waals surface area (Å²) in [6.45, 7) is 7.68. The Hall–Kier alpha value is -0.550. The normalized spacial score (nSPS) is 24.1. The molecule has 3 unspecified atom stereocenters. The van der Waals surface area contributed by atoms with Crippen molar-refractivity contribution in [3.05, 3.63) is 11.7 Å². The first-order valence-corrected chi connectivity index (χ1v) is 9.44. The maximum absolute atomic E-state index is 5.46. The van der Waals surface area contributed by atoms with E-state index in [0.29, 0.717) is 17.2 Å². The summed E-state index contributed by atoms with van der Waals surface area (Å²) in [6, 6.07) is 0.619. The van der Waals surface area contributed by atoms with E-state index in [-0.39, 0.29) is 0 Å². The summed E-state index contributed by atoms with van der Waals surface area (Å²) in [7, 11) is 0. The van der Waals surface area contributed by atoms with Gasteiger partial charge in [-0.1, -0.05) is 38.8 Å². The zero-order chi connectivity index (χ0) is 15.1. The molecule has 120 valence electrons. The Labute approximate surface area is 132 Å². The first-order chi connectivity index (χ1) is 10.2. The molecule has 1 heterocycles. The van der Waals surface area contributed by atoms with Crippen molar-refractivity contribution in [2.45, 2.75) is 76.3 Å². The van der Waals surface area contributed by atoms with Crippen molar-refractivity contribution in [2.24, 2.45) is 5.92 Å². The second-order valence-corrected chi connectivity index (χ2v) is 7.47. The SMILES string of the molecule is CCNC1CCCCC1Cc1nc(CSC(C)CC)no1. The van der Waals surface area contributed by atoms with Crippen LogP contribution in [0.4, 0.5) is 0 Å². The van der Waals surface area contributed by atoms with Gasteiger partial charge in [-0.15, -0.1) is 0 Å². The number of aromatic nitrogens is 2. The second-order valence-electron chi connectivity index (χ2n) is 6.05. The van der Waals surface area contributed by atoms with E-state index in [9.17, 15) is 0 Å². The fourth-order valence-electron chi connectivity index (χ4n) is 2.97. The maximum Gasteiger partial charge on any atom is 0.227 e. The molecule has 1 N–H and O–H groups in total. The van der Waals surface area contributed by atoms with Gasteiger partial charge in [0.05, 0.1) is 5.75 Å². The summed E-state index contributed by atoms with van der Waals surface area (Å²) in [5.41, 5.74) is 0. The van der Waals surface area contributed by atoms with Crippen molar-refractivity contribution in [3.8, 4) is 0 Å². The average Bonchev–Trinajstić information content (AvgIpc) is 2.94. The molecule has 1 aromatic rings. The van der Waals surface area contributed by atoms with Crippen LogP contribution in [0, 0.1) is 5.92 Å². The van der Waals surface area contributed by atoms with E-state index < -0.39 is 0 Å². The minimum Gasteiger partial charge on any atom is -0.339 e. The molecule has 3 atom stereocenters. The average molecular weight is 311 g/mol. The lowest BCUT2D eigenvalue weighted by Crippen LogP contribution is -2.39. The topological polar surface area (TPSA) is 51.0 Å². The van der Waals surface area contributed by atoms with E-state index in [4.69, 9.17) is 4.52 Å². The second kappa shape index (κ2) is 8.79. The van der Waals surface area contributed by atoms with Crippen molar-refractivity contribution in [2.75, 3.05) is 6.54 Å². The van der Waals surface area contributed by atoms with Gasteiger partial charge in [0.25, 0.3) is 0 Å². The van der Waals surface area contributed by atoms with E-state index in [2.05, 4.69) is 36.2 Å². The lowest BCUT2D eigenvalue weighted by atomic mass is 9.82. The summed E-state index contributed by atoms with van der Waals surface area (Å²) in [5, 5.41) is 8.40. The van der Waals surface area contributed by atoms with Gasteiger partial charge in [-0.25, -0.2) is 0 Å². The third-order valence-electron chi connectivity index (χ3n) is 4.39. The van der Waals surface area contributed by atoms with E-state index in [1.807, 2.05) is 11.8 Å². The first-order valence-electron chi connectivity index (χ1n) is 8.39. The molecule has 0 bridgehead atoms. The van der Waals surface area contributed by atoms with Crippen LogP contribution in [-0.4, -0.2) is 28.0 Å². The highest BCUT2D eigenvalue weighted by Crippen LogP contribution is 2.27. The van der Waals surface area contributed by atoms with E-state index >= 15 is 0 Å². The third-order valence-corrected chi connectivity index (χ3v) is 5.72. The highest BCUT2D eigenvalue weighted by atomic mass is 32.2. The molecule has 5 heteroatoms. The van der Waals surface area contributed by atoms with Crippen molar-refractivity contribution in [1.82, 2.24) is 15.5 Å². The number of hydrogen-bond acceptors (Lipinski definition) is 5. The van der Waals surface area contributed by atoms with Crippen molar-refractivity contribution in [1.29, 1.82) is 0 Å². The molecule has 1 aliphatic carbocycles. The zero-order valence-electron chi connectivity index (χ0n) is 13.6. The Morgan fingerprint density at radius 3 is 2.90 bits per heavy atom. The Bertz CT molecular complexity index is 408. The molecule has 0 saturated heterocycles. The van der Waals surface area contributed by atoms with Gasteiger partial charge in [-0.3, -0.25) is 0 Å². The van der Waals surface area contributed by atoms with Crippen LogP contribution in [0.5, 0.6) is 0 Å². The number of nitrogens with zero attached hydrogens (tertiary/aromatic N) is 2. The predicted molar refractivity (Wildman–Crippen MR) is 88.5 cm³/mol. The monoisotopic (exact) mass is 311 g/mol. The molecule has 1 aliphatic rings. The molecular weight excluding hydrogens is 282 g/mol. The van der Waals surface area contributed by atoms with E-state index in [1.54, 1.807) is 0 Å². The smallest absolute Gasteiger partial charge is 0.227 e. The molecule has 0 aliphatic heterocycles. The third kappa shape index (κ3) is 5.29. The molecule has 4 nitrogen and oxygen atoms in total. The summed E-state index contributed by atoms with van der Waals surface area (Å²) in [4.78, 5) is 4.58. The van der Waals surface area contributed by atoms with Crippen molar-refractivity contribution >= 4 is 11.8 Å². The van der Waals surface area contributed by atoms with Gasteiger partial charge < -0.3 is 9.84 Å². The summed E-state index contributed by atoms with van der Waals surface area (Å²) in [6.07, 6.45) is 7.34. The van der Waals surface area contributed by atoms with Gasteiger partial charge in [-0.05, 0) is 31.7 Å². The molecular formula is C16H29N3OS. The van der Waals surface area contributed by atoms with Crippen LogP contribution in [0.25, 0.3) is 0 Å². The molecule has 2 rings (SSSR count). The Kier molecular flexibility index (Phi) is 7.04. The quantitative estimate of drug-likeness (QED) is 0.791. The predicted octanol–water partition coefficient (Wildman–Crippen LogP) is 3.81. The number of rotatable bonds is 8. The van der Waals surface area contributed by atoms with Crippen LogP contribution in [-0.2, 0) is 12.2 Å². The minimum absolute atomic E-state index is 0.619. The molecule has 0 spiro atoms. The largest absolute Gasteiger partial charge is 0.339 e. The summed E-state index contributed by atoms with van der Waals surface area (Å²) < 4.78 is 5.46. The lowest BCUT2D eigenvalue weighted by molar-refractivity contribution is 0.242. The molecule has 1 fully saturated rings. The van der Waals surface area contributed by atoms with E-state index in [1.165, 1.54) is 32.1 Å². The Morgan fingerprint density at radius 1 is 1.33 bits per heavy atom. The highest BCUT2D eigenvalue weighted by Gasteiger charge is 2.26. The maximum atomic E-state index is 5.46. The van der Waals surface area contributed by atoms with Crippen LogP contribution in [0.2, 0.25) is 0 Å². The molecule has 0 radical (unpaired) electrons. The number of thioether (sulfide) groups is 1. The van der Waals surface area contributed by atoms with Gasteiger partial charge in [0.15, 0.2) is 5.82 Å². The van der Waals surface area contributed by atoms with E-state index in [0.717, 1.165) is 30.4 Å². The van der Waals surface area contributed by atoms with Crippen LogP contribution >= 0.6 is 11.8 Å². The highest BCUT2D eigenvalue weighted by molar-refractivity contribution is 7.99. The van der Waals surface area contributed by atoms with Gasteiger partial charge in [-0.2, -0.15) is 16.7 Å². The number of hydrogen-bond donors (Lipinski definition) is 1. The molecule has 0 aromatic carbocycles. The van der Waals surface area contributed by atoms with Crippen molar-refractivity contribution < 1.29 is 4.52 Å². The lowest BCUT2D eigenvalue weighted by Gasteiger charge is -2.31. The standard InChI is InChI=1S/C16H29N3OS/c1-4-12(3)21-11-15-18-16(20-19-15)10-13-8-6-7-9-14(13)17-5-2/h12-14,17H,4-11H2,1-3H3. The first kappa shape index (κ1) is 16.8. The van der Waals surface area contributed by atoms with Crippen LogP contribution in [0.1, 0.15) is 64.6 Å². The molecule has 1 saturated carbocycles. The fourth-order valence-corrected chi connectivity index (χ4v) is 3.76. The van der Waals surface area contributed by atoms with Crippen LogP contribution in [0.15, 0.2) is 4.52 Å². The molecule has 21 heavy (non-hydrogen) atoms. The van der Waals surface area contributed by atoms with Gasteiger partial charge in [0.1, 0.15) is 0 Å². The summed E-state index contributed by atoms with van der Waals surface area (Å²) in [5.74, 6) is 3.18. The molecule has 1 aromatic heterocycles. The number of nitrogens with one attached hydrogen (secondary N) is 1. The van der Waals surface area contributed by atoms with Gasteiger partial charge in [0, 0.05) is 17.7 Å².